The summed E-state index contributed by atoms with van der Waals surface area (Å²) in [4.78, 5) is 23.1. The van der Waals surface area contributed by atoms with Crippen molar-refractivity contribution in [2.24, 2.45) is 0 Å². The van der Waals surface area contributed by atoms with Gasteiger partial charge in [0, 0.05) is 26.0 Å². The van der Waals surface area contributed by atoms with E-state index in [1.165, 1.54) is 6.20 Å². The van der Waals surface area contributed by atoms with Gasteiger partial charge in [0.05, 0.1) is 17.5 Å². The number of pyridine rings is 1. The molecule has 8 heteroatoms. The molecule has 0 aliphatic carbocycles. The van der Waals surface area contributed by atoms with Gasteiger partial charge < -0.3 is 14.6 Å². The van der Waals surface area contributed by atoms with Crippen LogP contribution in [0.15, 0.2) is 53.2 Å². The number of carbonyl (C=O) groups excluding carboxylic acids is 1. The Bertz CT molecular complexity index is 1110. The molecular formula is C19H18N6O2. The van der Waals surface area contributed by atoms with Crippen LogP contribution in [0.5, 0.6) is 0 Å². The molecule has 4 rings (SSSR count). The van der Waals surface area contributed by atoms with Crippen LogP contribution >= 0.6 is 0 Å². The van der Waals surface area contributed by atoms with E-state index in [2.05, 4.69) is 20.4 Å². The summed E-state index contributed by atoms with van der Waals surface area (Å²) < 4.78 is 7.27. The molecule has 0 radical (unpaired) electrons. The van der Waals surface area contributed by atoms with E-state index in [1.807, 2.05) is 39.2 Å². The fraction of sp³-hybridized carbons (Fsp3) is 0.158. The van der Waals surface area contributed by atoms with Crippen molar-refractivity contribution in [2.45, 2.75) is 6.92 Å². The lowest BCUT2D eigenvalue weighted by atomic mass is 10.2. The maximum atomic E-state index is 12.7. The summed E-state index contributed by atoms with van der Waals surface area (Å²) in [6.45, 7) is 1.83. The molecule has 0 aliphatic rings. The molecule has 0 saturated heterocycles. The zero-order valence-electron chi connectivity index (χ0n) is 15.2. The van der Waals surface area contributed by atoms with Gasteiger partial charge in [-0.05, 0) is 37.3 Å². The molecule has 0 saturated carbocycles. The fourth-order valence-corrected chi connectivity index (χ4v) is 2.73. The maximum absolute atomic E-state index is 12.7. The molecule has 3 heterocycles. The number of oxazole rings is 1. The molecule has 136 valence electrons. The van der Waals surface area contributed by atoms with Crippen LogP contribution < -0.4 is 10.2 Å². The van der Waals surface area contributed by atoms with Gasteiger partial charge >= 0.3 is 0 Å². The van der Waals surface area contributed by atoms with E-state index in [4.69, 9.17) is 4.42 Å². The van der Waals surface area contributed by atoms with Gasteiger partial charge in [0.15, 0.2) is 11.4 Å². The van der Waals surface area contributed by atoms with E-state index in [1.54, 1.807) is 34.0 Å². The van der Waals surface area contributed by atoms with Crippen LogP contribution in [0.3, 0.4) is 0 Å². The number of aromatic nitrogens is 4. The Kier molecular flexibility index (Phi) is 4.08. The van der Waals surface area contributed by atoms with E-state index in [9.17, 15) is 4.79 Å². The summed E-state index contributed by atoms with van der Waals surface area (Å²) in [7, 11) is 3.71. The monoisotopic (exact) mass is 362 g/mol. The van der Waals surface area contributed by atoms with Crippen molar-refractivity contribution in [1.29, 1.82) is 0 Å². The summed E-state index contributed by atoms with van der Waals surface area (Å²) in [5.74, 6) is 0.416. The lowest BCUT2D eigenvalue weighted by Crippen LogP contribution is -2.13. The van der Waals surface area contributed by atoms with Crippen molar-refractivity contribution < 1.29 is 9.21 Å². The molecule has 27 heavy (non-hydrogen) atoms. The number of benzene rings is 1. The standard InChI is InChI=1S/C19H18N6O2/c1-12-14(11-21-25(12)17-6-4-5-9-20-17)18(26)22-13-7-8-16-15(10-13)23-19(27-16)24(2)3/h4-11H,1-3H3,(H,22,26). The van der Waals surface area contributed by atoms with Gasteiger partial charge in [-0.15, -0.1) is 0 Å². The number of fused-ring (bicyclic) bond motifs is 1. The average molecular weight is 362 g/mol. The molecule has 0 unspecified atom stereocenters. The molecule has 0 bridgehead atoms. The second kappa shape index (κ2) is 6.56. The molecule has 0 fully saturated rings. The minimum atomic E-state index is -0.245. The Morgan fingerprint density at radius 2 is 2.07 bits per heavy atom. The molecule has 0 spiro atoms. The third-order valence-corrected chi connectivity index (χ3v) is 4.14. The number of amides is 1. The van der Waals surface area contributed by atoms with E-state index < -0.39 is 0 Å². The minimum Gasteiger partial charge on any atom is -0.423 e. The molecule has 1 aromatic carbocycles. The highest BCUT2D eigenvalue weighted by atomic mass is 16.4. The number of carbonyl (C=O) groups is 1. The second-order valence-corrected chi connectivity index (χ2v) is 6.27. The Morgan fingerprint density at radius 1 is 1.22 bits per heavy atom. The van der Waals surface area contributed by atoms with Crippen molar-refractivity contribution in [1.82, 2.24) is 19.7 Å². The minimum absolute atomic E-state index is 0.245. The molecule has 0 atom stereocenters. The zero-order chi connectivity index (χ0) is 19.0. The van der Waals surface area contributed by atoms with Crippen molar-refractivity contribution in [3.05, 3.63) is 60.0 Å². The molecule has 4 aromatic rings. The fourth-order valence-electron chi connectivity index (χ4n) is 2.73. The maximum Gasteiger partial charge on any atom is 0.297 e. The Morgan fingerprint density at radius 3 is 2.81 bits per heavy atom. The first kappa shape index (κ1) is 16.8. The van der Waals surface area contributed by atoms with E-state index in [-0.39, 0.29) is 5.91 Å². The van der Waals surface area contributed by atoms with Crippen LogP contribution in [0.4, 0.5) is 11.7 Å². The lowest BCUT2D eigenvalue weighted by Gasteiger charge is -2.06. The van der Waals surface area contributed by atoms with Crippen molar-refractivity contribution in [3.8, 4) is 5.82 Å². The van der Waals surface area contributed by atoms with Gasteiger partial charge in [-0.25, -0.2) is 9.67 Å². The molecule has 0 aliphatic heterocycles. The van der Waals surface area contributed by atoms with Crippen LogP contribution in [0, 0.1) is 6.92 Å². The average Bonchev–Trinajstić information content (AvgIpc) is 3.25. The molecule has 3 aromatic heterocycles. The number of nitrogens with zero attached hydrogens (tertiary/aromatic N) is 5. The van der Waals surface area contributed by atoms with Crippen molar-refractivity contribution >= 4 is 28.7 Å². The summed E-state index contributed by atoms with van der Waals surface area (Å²) in [6.07, 6.45) is 3.23. The smallest absolute Gasteiger partial charge is 0.297 e. The zero-order valence-corrected chi connectivity index (χ0v) is 15.2. The molecule has 1 N–H and O–H groups in total. The summed E-state index contributed by atoms with van der Waals surface area (Å²) in [6, 6.07) is 11.4. The molecule has 8 nitrogen and oxygen atoms in total. The third kappa shape index (κ3) is 3.12. The second-order valence-electron chi connectivity index (χ2n) is 6.27. The highest BCUT2D eigenvalue weighted by Gasteiger charge is 2.16. The van der Waals surface area contributed by atoms with E-state index in [0.29, 0.717) is 39.9 Å². The first-order chi connectivity index (χ1) is 13.0. The predicted molar refractivity (Wildman–Crippen MR) is 102 cm³/mol. The van der Waals surface area contributed by atoms with Gasteiger partial charge in [-0.3, -0.25) is 4.79 Å². The topological polar surface area (TPSA) is 89.1 Å². The summed E-state index contributed by atoms with van der Waals surface area (Å²) in [5, 5.41) is 7.17. The number of rotatable bonds is 4. The van der Waals surface area contributed by atoms with E-state index in [0.717, 1.165) is 0 Å². The van der Waals surface area contributed by atoms with Crippen LogP contribution in [0.25, 0.3) is 16.9 Å². The summed E-state index contributed by atoms with van der Waals surface area (Å²) in [5.41, 5.74) is 3.17. The van der Waals surface area contributed by atoms with Crippen LogP contribution in [-0.2, 0) is 0 Å². The number of nitrogens with one attached hydrogen (secondary N) is 1. The van der Waals surface area contributed by atoms with Crippen molar-refractivity contribution in [3.63, 3.8) is 0 Å². The van der Waals surface area contributed by atoms with Gasteiger partial charge in [-0.2, -0.15) is 10.1 Å². The normalized spacial score (nSPS) is 10.9. The number of hydrogen-bond donors (Lipinski definition) is 1. The number of hydrogen-bond acceptors (Lipinski definition) is 6. The predicted octanol–water partition coefficient (Wildman–Crippen LogP) is 3.04. The highest BCUT2D eigenvalue weighted by molar-refractivity contribution is 6.05. The Labute approximate surface area is 155 Å². The third-order valence-electron chi connectivity index (χ3n) is 4.14. The molecular weight excluding hydrogens is 344 g/mol. The Balaban J connectivity index is 1.59. The first-order valence-electron chi connectivity index (χ1n) is 8.38. The van der Waals surface area contributed by atoms with Gasteiger partial charge in [0.25, 0.3) is 11.9 Å². The Hall–Kier alpha value is -3.68. The van der Waals surface area contributed by atoms with Crippen LogP contribution in [0.1, 0.15) is 16.1 Å². The number of anilines is 2. The molecule has 1 amide bonds. The van der Waals surface area contributed by atoms with Crippen LogP contribution in [-0.4, -0.2) is 39.8 Å². The highest BCUT2D eigenvalue weighted by Crippen LogP contribution is 2.24. The summed E-state index contributed by atoms with van der Waals surface area (Å²) >= 11 is 0. The van der Waals surface area contributed by atoms with Gasteiger partial charge in [0.2, 0.25) is 0 Å². The first-order valence-corrected chi connectivity index (χ1v) is 8.38. The lowest BCUT2D eigenvalue weighted by molar-refractivity contribution is 0.102. The van der Waals surface area contributed by atoms with Crippen molar-refractivity contribution in [2.75, 3.05) is 24.3 Å². The van der Waals surface area contributed by atoms with Crippen LogP contribution in [0.2, 0.25) is 0 Å². The van der Waals surface area contributed by atoms with Gasteiger partial charge in [0.1, 0.15) is 5.52 Å². The van der Waals surface area contributed by atoms with Gasteiger partial charge in [-0.1, -0.05) is 6.07 Å². The largest absolute Gasteiger partial charge is 0.423 e. The van der Waals surface area contributed by atoms with E-state index >= 15 is 0 Å². The quantitative estimate of drug-likeness (QED) is 0.600. The SMILES string of the molecule is Cc1c(C(=O)Nc2ccc3oc(N(C)C)nc3c2)cnn1-c1ccccn1.